The Morgan fingerprint density at radius 1 is 1.29 bits per heavy atom. The van der Waals surface area contributed by atoms with E-state index >= 15 is 0 Å². The summed E-state index contributed by atoms with van der Waals surface area (Å²) in [5.74, 6) is -0.663. The molecule has 0 unspecified atom stereocenters. The average Bonchev–Trinajstić information content (AvgIpc) is 2.99. The molecule has 8 heteroatoms. The fourth-order valence-electron chi connectivity index (χ4n) is 2.46. The van der Waals surface area contributed by atoms with Crippen molar-refractivity contribution in [3.05, 3.63) is 62.6 Å². The van der Waals surface area contributed by atoms with Gasteiger partial charge in [-0.05, 0) is 77.6 Å². The van der Waals surface area contributed by atoms with Crippen LogP contribution in [0.5, 0.6) is 11.5 Å². The number of halogens is 2. The third kappa shape index (κ3) is 4.56. The molecule has 144 valence electrons. The molecular weight excluding hydrogens is 480 g/mol. The summed E-state index contributed by atoms with van der Waals surface area (Å²) in [6.07, 6.45) is 1.54. The molecule has 0 aromatic heterocycles. The highest BCUT2D eigenvalue weighted by Gasteiger charge is 2.24. The van der Waals surface area contributed by atoms with E-state index < -0.39 is 17.8 Å². The lowest BCUT2D eigenvalue weighted by molar-refractivity contribution is -0.132. The first-order valence-corrected chi connectivity index (χ1v) is 9.38. The lowest BCUT2D eigenvalue weighted by atomic mass is 10.1. The number of esters is 2. The van der Waals surface area contributed by atoms with Gasteiger partial charge in [0.2, 0.25) is 5.90 Å². The van der Waals surface area contributed by atoms with Crippen LogP contribution in [-0.4, -0.2) is 24.4 Å². The molecule has 28 heavy (non-hydrogen) atoms. The molecule has 6 nitrogen and oxygen atoms in total. The van der Waals surface area contributed by atoms with Gasteiger partial charge in [0.05, 0.1) is 10.2 Å². The molecule has 0 saturated heterocycles. The number of benzene rings is 2. The Hall–Kier alpha value is -2.75. The van der Waals surface area contributed by atoms with Gasteiger partial charge in [-0.25, -0.2) is 14.2 Å². The summed E-state index contributed by atoms with van der Waals surface area (Å²) >= 11 is 2.02. The summed E-state index contributed by atoms with van der Waals surface area (Å²) in [6, 6.07) is 8.86. The van der Waals surface area contributed by atoms with Gasteiger partial charge in [-0.3, -0.25) is 4.79 Å². The third-order valence-corrected chi connectivity index (χ3v) is 4.39. The van der Waals surface area contributed by atoms with E-state index in [1.807, 2.05) is 29.5 Å². The van der Waals surface area contributed by atoms with Crippen LogP contribution in [0.15, 0.2) is 47.1 Å². The van der Waals surface area contributed by atoms with E-state index in [0.29, 0.717) is 32.8 Å². The van der Waals surface area contributed by atoms with Crippen LogP contribution in [0, 0.1) is 9.39 Å². The van der Waals surface area contributed by atoms with Gasteiger partial charge in [0.1, 0.15) is 5.82 Å². The molecule has 0 saturated carbocycles. The molecule has 3 rings (SSSR count). The minimum atomic E-state index is -0.614. The maximum atomic E-state index is 13.1. The van der Waals surface area contributed by atoms with Gasteiger partial charge >= 0.3 is 11.9 Å². The maximum absolute atomic E-state index is 13.1. The van der Waals surface area contributed by atoms with Crippen LogP contribution in [-0.2, 0) is 14.3 Å². The largest absolute Gasteiger partial charge is 0.490 e. The number of nitrogens with zero attached hydrogens (tertiary/aromatic N) is 1. The van der Waals surface area contributed by atoms with Crippen LogP contribution in [0.1, 0.15) is 25.0 Å². The standard InChI is InChI=1S/C20H15FINO5/c1-3-26-17-10-12(8-15(22)18(17)27-11(2)24)9-16-20(25)28-19(23-16)13-4-6-14(21)7-5-13/h4-10H,3H2,1-2H3/b16-9-. The second-order valence-corrected chi connectivity index (χ2v) is 6.86. The molecule has 2 aromatic carbocycles. The summed E-state index contributed by atoms with van der Waals surface area (Å²) in [6.45, 7) is 3.49. The molecule has 0 radical (unpaired) electrons. The predicted molar refractivity (Wildman–Crippen MR) is 109 cm³/mol. The van der Waals surface area contributed by atoms with Crippen molar-refractivity contribution in [2.75, 3.05) is 6.61 Å². The molecule has 0 amide bonds. The van der Waals surface area contributed by atoms with E-state index in [-0.39, 0.29) is 11.6 Å². The molecule has 0 fully saturated rings. The summed E-state index contributed by atoms with van der Waals surface area (Å²) in [7, 11) is 0. The normalized spacial score (nSPS) is 14.6. The van der Waals surface area contributed by atoms with Crippen molar-refractivity contribution in [2.45, 2.75) is 13.8 Å². The van der Waals surface area contributed by atoms with E-state index in [4.69, 9.17) is 14.2 Å². The second-order valence-electron chi connectivity index (χ2n) is 5.70. The van der Waals surface area contributed by atoms with Crippen molar-refractivity contribution < 1.29 is 28.2 Å². The number of cyclic esters (lactones) is 1. The van der Waals surface area contributed by atoms with E-state index in [1.54, 1.807) is 18.2 Å². The third-order valence-electron chi connectivity index (χ3n) is 3.59. The highest BCUT2D eigenvalue weighted by atomic mass is 127. The smallest absolute Gasteiger partial charge is 0.363 e. The fourth-order valence-corrected chi connectivity index (χ4v) is 3.20. The molecule has 2 aromatic rings. The molecule has 1 aliphatic rings. The van der Waals surface area contributed by atoms with Crippen molar-refractivity contribution in [1.29, 1.82) is 0 Å². The summed E-state index contributed by atoms with van der Waals surface area (Å²) in [4.78, 5) is 27.7. The Morgan fingerprint density at radius 2 is 2.00 bits per heavy atom. The zero-order chi connectivity index (χ0) is 20.3. The van der Waals surface area contributed by atoms with E-state index in [2.05, 4.69) is 4.99 Å². The molecule has 1 heterocycles. The quantitative estimate of drug-likeness (QED) is 0.271. The van der Waals surface area contributed by atoms with Gasteiger partial charge in [0, 0.05) is 12.5 Å². The fraction of sp³-hybridized carbons (Fsp3) is 0.150. The number of ether oxygens (including phenoxy) is 3. The summed E-state index contributed by atoms with van der Waals surface area (Å²) in [5.41, 5.74) is 1.21. The number of hydrogen-bond acceptors (Lipinski definition) is 6. The zero-order valence-corrected chi connectivity index (χ0v) is 17.2. The van der Waals surface area contributed by atoms with Crippen molar-refractivity contribution in [1.82, 2.24) is 0 Å². The molecule has 1 aliphatic heterocycles. The van der Waals surface area contributed by atoms with Gasteiger partial charge in [-0.15, -0.1) is 0 Å². The highest BCUT2D eigenvalue weighted by Crippen LogP contribution is 2.35. The maximum Gasteiger partial charge on any atom is 0.363 e. The van der Waals surface area contributed by atoms with Gasteiger partial charge in [0.15, 0.2) is 17.2 Å². The zero-order valence-electron chi connectivity index (χ0n) is 15.0. The number of aliphatic imine (C=N–C) groups is 1. The van der Waals surface area contributed by atoms with Crippen molar-refractivity contribution >= 4 is 46.5 Å². The number of carbonyl (C=O) groups is 2. The van der Waals surface area contributed by atoms with Crippen molar-refractivity contribution in [3.63, 3.8) is 0 Å². The van der Waals surface area contributed by atoms with Gasteiger partial charge in [0.25, 0.3) is 0 Å². The van der Waals surface area contributed by atoms with Crippen LogP contribution in [0.3, 0.4) is 0 Å². The molecule has 0 bridgehead atoms. The monoisotopic (exact) mass is 495 g/mol. The van der Waals surface area contributed by atoms with Gasteiger partial charge in [-0.1, -0.05) is 0 Å². The Bertz CT molecular complexity index is 998. The second kappa shape index (κ2) is 8.51. The Kier molecular flexibility index (Phi) is 6.08. The Balaban J connectivity index is 1.96. The lowest BCUT2D eigenvalue weighted by Gasteiger charge is -2.12. The molecular formula is C20H15FINO5. The Morgan fingerprint density at radius 3 is 2.64 bits per heavy atom. The van der Waals surface area contributed by atoms with Crippen LogP contribution in [0.4, 0.5) is 4.39 Å². The SMILES string of the molecule is CCOc1cc(/C=C2\N=C(c3ccc(F)cc3)OC2=O)cc(I)c1OC(C)=O. The Labute approximate surface area is 174 Å². The topological polar surface area (TPSA) is 74.2 Å². The first-order chi connectivity index (χ1) is 13.4. The van der Waals surface area contributed by atoms with E-state index in [9.17, 15) is 14.0 Å². The molecule has 0 aliphatic carbocycles. The summed E-state index contributed by atoms with van der Waals surface area (Å²) < 4.78 is 29.6. The van der Waals surface area contributed by atoms with Crippen molar-refractivity contribution in [3.8, 4) is 11.5 Å². The molecule has 0 N–H and O–H groups in total. The van der Waals surface area contributed by atoms with E-state index in [0.717, 1.165) is 0 Å². The minimum Gasteiger partial charge on any atom is -0.490 e. The summed E-state index contributed by atoms with van der Waals surface area (Å²) in [5, 5.41) is 0. The first-order valence-electron chi connectivity index (χ1n) is 8.30. The van der Waals surface area contributed by atoms with Crippen LogP contribution in [0.2, 0.25) is 0 Å². The van der Waals surface area contributed by atoms with Gasteiger partial charge < -0.3 is 14.2 Å². The predicted octanol–water partition coefficient (Wildman–Crippen LogP) is 4.10. The minimum absolute atomic E-state index is 0.0952. The first kappa shape index (κ1) is 20.0. The highest BCUT2D eigenvalue weighted by molar-refractivity contribution is 14.1. The van der Waals surface area contributed by atoms with Crippen LogP contribution < -0.4 is 9.47 Å². The van der Waals surface area contributed by atoms with Gasteiger partial charge in [-0.2, -0.15) is 0 Å². The lowest BCUT2D eigenvalue weighted by Crippen LogP contribution is -2.06. The number of hydrogen-bond donors (Lipinski definition) is 0. The van der Waals surface area contributed by atoms with Crippen molar-refractivity contribution in [2.24, 2.45) is 4.99 Å². The van der Waals surface area contributed by atoms with Crippen LogP contribution in [0.25, 0.3) is 6.08 Å². The molecule has 0 spiro atoms. The van der Waals surface area contributed by atoms with Crippen LogP contribution >= 0.6 is 22.6 Å². The number of rotatable bonds is 5. The molecule has 0 atom stereocenters. The van der Waals surface area contributed by atoms with E-state index in [1.165, 1.54) is 31.2 Å². The average molecular weight is 495 g/mol. The number of carbonyl (C=O) groups excluding carboxylic acids is 2.